The average Bonchev–Trinajstić information content (AvgIpc) is 3.13. The predicted octanol–water partition coefficient (Wildman–Crippen LogP) is 5.90. The molecule has 0 radical (unpaired) electrons. The molecule has 50 heavy (non-hydrogen) atoms. The fourth-order valence-corrected chi connectivity index (χ4v) is 7.93. The molecule has 7 rings (SSSR count). The number of carbonyl (C=O) groups excluding carboxylic acids is 1. The highest BCUT2D eigenvalue weighted by atomic mass is 16.3. The molecule has 5 heterocycles. The molecule has 8 nitrogen and oxygen atoms in total. The summed E-state index contributed by atoms with van der Waals surface area (Å²) in [6.45, 7) is 6.53. The molecule has 260 valence electrons. The Morgan fingerprint density at radius 3 is 1.52 bits per heavy atom. The maximum atomic E-state index is 13.6. The summed E-state index contributed by atoms with van der Waals surface area (Å²) in [5, 5.41) is 11.4. The van der Waals surface area contributed by atoms with Crippen LogP contribution in [0.4, 0.5) is 0 Å². The Balaban J connectivity index is 0.989. The monoisotopic (exact) mass is 671 g/mol. The van der Waals surface area contributed by atoms with E-state index in [1.807, 2.05) is 0 Å². The zero-order chi connectivity index (χ0) is 34.1. The number of benzene rings is 2. The van der Waals surface area contributed by atoms with Crippen LogP contribution >= 0.6 is 0 Å². The Morgan fingerprint density at radius 1 is 0.600 bits per heavy atom. The van der Waals surface area contributed by atoms with Gasteiger partial charge in [0.2, 0.25) is 5.91 Å². The van der Waals surface area contributed by atoms with Crippen LogP contribution in [0.25, 0.3) is 0 Å². The van der Waals surface area contributed by atoms with Crippen molar-refractivity contribution in [3.8, 4) is 0 Å². The third-order valence-electron chi connectivity index (χ3n) is 10.7. The molecule has 2 fully saturated rings. The van der Waals surface area contributed by atoms with Crippen LogP contribution in [0, 0.1) is 11.8 Å². The standard InChI is InChI=1S/C42H50N6O2/c49-41(47-21-17-35(18-22-47)25-33-9-3-1-4-10-33)31-45-27-37-13-7-15-39(43-37)29-46(30-40-16-8-14-38(28-45)44-40)32-42(50)48-23-19-36(20-24-48)26-34-11-5-2-6-12-34/h1-16,35-36H,17-32H2/p+1. The summed E-state index contributed by atoms with van der Waals surface area (Å²) in [5.41, 5.74) is 6.59. The van der Waals surface area contributed by atoms with Gasteiger partial charge in [0.05, 0.1) is 29.3 Å². The van der Waals surface area contributed by atoms with E-state index in [0.717, 1.165) is 87.5 Å². The van der Waals surface area contributed by atoms with E-state index in [1.54, 1.807) is 0 Å². The van der Waals surface area contributed by atoms with Crippen molar-refractivity contribution in [2.75, 3.05) is 39.3 Å². The van der Waals surface area contributed by atoms with Crippen LogP contribution in [0.15, 0.2) is 97.1 Å². The van der Waals surface area contributed by atoms with E-state index in [4.69, 9.17) is 9.97 Å². The molecule has 2 aromatic heterocycles. The lowest BCUT2D eigenvalue weighted by Gasteiger charge is -2.34. The molecule has 0 spiro atoms. The second kappa shape index (κ2) is 16.5. The minimum absolute atomic E-state index is 0.184. The second-order valence-corrected chi connectivity index (χ2v) is 14.6. The quantitative estimate of drug-likeness (QED) is 0.186. The molecule has 3 aliphatic heterocycles. The van der Waals surface area contributed by atoms with Gasteiger partial charge in [-0.3, -0.25) is 24.6 Å². The molecule has 0 atom stereocenters. The van der Waals surface area contributed by atoms with Crippen molar-refractivity contribution >= 4 is 11.8 Å². The van der Waals surface area contributed by atoms with Crippen molar-refractivity contribution in [2.45, 2.75) is 64.7 Å². The zero-order valence-corrected chi connectivity index (χ0v) is 29.2. The van der Waals surface area contributed by atoms with Gasteiger partial charge in [-0.2, -0.15) is 0 Å². The number of likely N-dealkylation sites (tertiary alicyclic amines) is 1. The molecule has 2 saturated heterocycles. The lowest BCUT2D eigenvalue weighted by Crippen LogP contribution is -2.44. The molecular formula is C42H51N6O2+. The van der Waals surface area contributed by atoms with E-state index in [-0.39, 0.29) is 5.91 Å². The third kappa shape index (κ3) is 9.43. The van der Waals surface area contributed by atoms with Gasteiger partial charge in [-0.1, -0.05) is 72.8 Å². The van der Waals surface area contributed by atoms with E-state index in [0.29, 0.717) is 57.0 Å². The molecule has 4 bridgehead atoms. The number of aliphatic hydroxyl groups excluding tert-OH is 1. The molecule has 1 N–H and O–H groups in total. The van der Waals surface area contributed by atoms with E-state index in [2.05, 4.69) is 116 Å². The summed E-state index contributed by atoms with van der Waals surface area (Å²) in [4.78, 5) is 30.2. The maximum absolute atomic E-state index is 13.6. The largest absolute Gasteiger partial charge is 0.463 e. The number of amides is 1. The highest BCUT2D eigenvalue weighted by Crippen LogP contribution is 2.23. The number of nitrogens with zero attached hydrogens (tertiary/aromatic N) is 6. The Labute approximate surface area is 297 Å². The van der Waals surface area contributed by atoms with Crippen LogP contribution in [0.3, 0.4) is 0 Å². The molecule has 0 aliphatic carbocycles. The van der Waals surface area contributed by atoms with Crippen molar-refractivity contribution < 1.29 is 14.5 Å². The summed E-state index contributed by atoms with van der Waals surface area (Å²) >= 11 is 0. The molecule has 4 aromatic rings. The number of aliphatic hydroxyl groups is 1. The first kappa shape index (κ1) is 34.1. The van der Waals surface area contributed by atoms with Gasteiger partial charge >= 0.3 is 5.90 Å². The van der Waals surface area contributed by atoms with Crippen molar-refractivity contribution in [3.05, 3.63) is 131 Å². The summed E-state index contributed by atoms with van der Waals surface area (Å²) in [6, 6.07) is 33.8. The summed E-state index contributed by atoms with van der Waals surface area (Å²) in [6.07, 6.45) is 6.44. The Hall–Kier alpha value is -4.40. The second-order valence-electron chi connectivity index (χ2n) is 14.6. The predicted molar refractivity (Wildman–Crippen MR) is 197 cm³/mol. The van der Waals surface area contributed by atoms with Gasteiger partial charge < -0.3 is 10.0 Å². The van der Waals surface area contributed by atoms with Gasteiger partial charge in [-0.05, 0) is 72.9 Å². The van der Waals surface area contributed by atoms with Crippen LogP contribution in [0.2, 0.25) is 0 Å². The van der Waals surface area contributed by atoms with Gasteiger partial charge in [0, 0.05) is 52.1 Å². The number of fused-ring (bicyclic) bond motifs is 4. The molecular weight excluding hydrogens is 621 g/mol. The van der Waals surface area contributed by atoms with Crippen molar-refractivity contribution in [2.24, 2.45) is 11.8 Å². The Kier molecular flexibility index (Phi) is 11.3. The average molecular weight is 672 g/mol. The third-order valence-corrected chi connectivity index (χ3v) is 10.7. The molecule has 8 heteroatoms. The van der Waals surface area contributed by atoms with Gasteiger partial charge in [-0.25, -0.2) is 4.58 Å². The first-order chi connectivity index (χ1) is 24.5. The van der Waals surface area contributed by atoms with Crippen LogP contribution in [0.1, 0.15) is 59.6 Å². The SMILES string of the molecule is O=C(CN1Cc2cccc(n2)CN(CC(O)=[N+]2CCC(Cc3ccccc3)CC2)Cc2cccc(n2)C1)N1CCC(Cc2ccccc2)CC1. The number of piperidine rings is 2. The molecule has 0 saturated carbocycles. The molecule has 1 amide bonds. The number of aromatic nitrogens is 2. The van der Waals surface area contributed by atoms with Crippen LogP contribution in [-0.4, -0.2) is 85.4 Å². The van der Waals surface area contributed by atoms with E-state index in [1.165, 1.54) is 11.1 Å². The molecule has 3 aliphatic rings. The fourth-order valence-electron chi connectivity index (χ4n) is 7.93. The number of hydrogen-bond donors (Lipinski definition) is 1. The van der Waals surface area contributed by atoms with Crippen molar-refractivity contribution in [1.82, 2.24) is 24.7 Å². The lowest BCUT2D eigenvalue weighted by atomic mass is 9.90. The van der Waals surface area contributed by atoms with E-state index < -0.39 is 0 Å². The fraction of sp³-hybridized carbons (Fsp3) is 0.429. The minimum atomic E-state index is 0.184. The first-order valence-corrected chi connectivity index (χ1v) is 18.5. The zero-order valence-electron chi connectivity index (χ0n) is 29.2. The normalized spacial score (nSPS) is 19.4. The highest BCUT2D eigenvalue weighted by molar-refractivity contribution is 5.78. The number of hydrogen-bond acceptors (Lipinski definition) is 5. The maximum Gasteiger partial charge on any atom is 0.348 e. The minimum Gasteiger partial charge on any atom is -0.463 e. The summed E-state index contributed by atoms with van der Waals surface area (Å²) in [5.74, 6) is 1.88. The Bertz CT molecular complexity index is 1680. The smallest absolute Gasteiger partial charge is 0.348 e. The molecule has 2 aromatic carbocycles. The van der Waals surface area contributed by atoms with Gasteiger partial charge in [0.1, 0.15) is 19.6 Å². The molecule has 0 unspecified atom stereocenters. The van der Waals surface area contributed by atoms with Gasteiger partial charge in [-0.15, -0.1) is 0 Å². The number of carbonyl (C=O) groups is 1. The first-order valence-electron chi connectivity index (χ1n) is 18.5. The topological polar surface area (TPSA) is 75.8 Å². The number of rotatable bonds is 8. The summed E-state index contributed by atoms with van der Waals surface area (Å²) < 4.78 is 2.16. The number of pyridine rings is 2. The van der Waals surface area contributed by atoms with E-state index in [9.17, 15) is 9.90 Å². The van der Waals surface area contributed by atoms with Gasteiger partial charge in [0.25, 0.3) is 0 Å². The van der Waals surface area contributed by atoms with Crippen LogP contribution in [-0.2, 0) is 43.8 Å². The lowest BCUT2D eigenvalue weighted by molar-refractivity contribution is -0.549. The van der Waals surface area contributed by atoms with Gasteiger partial charge in [0.15, 0.2) is 0 Å². The summed E-state index contributed by atoms with van der Waals surface area (Å²) in [7, 11) is 0. The van der Waals surface area contributed by atoms with E-state index >= 15 is 0 Å². The van der Waals surface area contributed by atoms with Crippen molar-refractivity contribution in [3.63, 3.8) is 0 Å². The Morgan fingerprint density at radius 2 is 1.04 bits per heavy atom. The highest BCUT2D eigenvalue weighted by Gasteiger charge is 2.28. The van der Waals surface area contributed by atoms with Crippen LogP contribution < -0.4 is 0 Å². The van der Waals surface area contributed by atoms with Crippen molar-refractivity contribution in [1.29, 1.82) is 0 Å². The van der Waals surface area contributed by atoms with Crippen LogP contribution in [0.5, 0.6) is 0 Å².